The number of hydrogen-bond donors (Lipinski definition) is 2. The Morgan fingerprint density at radius 2 is 2.35 bits per heavy atom. The number of thiocarbonyl (C=S) groups is 1. The van der Waals surface area contributed by atoms with Gasteiger partial charge in [0.05, 0.1) is 5.56 Å². The highest BCUT2D eigenvalue weighted by molar-refractivity contribution is 7.80. The van der Waals surface area contributed by atoms with Crippen molar-refractivity contribution in [1.82, 2.24) is 10.3 Å². The molecule has 1 saturated heterocycles. The zero-order valence-corrected chi connectivity index (χ0v) is 12.3. The number of nitrogens with two attached hydrogens (primary N) is 1. The van der Waals surface area contributed by atoms with Crippen LogP contribution >= 0.6 is 12.2 Å². The lowest BCUT2D eigenvalue weighted by atomic mass is 10.1. The van der Waals surface area contributed by atoms with E-state index < -0.39 is 0 Å². The number of carbonyl (C=O) groups is 1. The summed E-state index contributed by atoms with van der Waals surface area (Å²) in [7, 11) is 0. The van der Waals surface area contributed by atoms with Crippen LogP contribution in [0.2, 0.25) is 0 Å². The highest BCUT2D eigenvalue weighted by Gasteiger charge is 2.30. The fourth-order valence-corrected chi connectivity index (χ4v) is 3.08. The molecule has 2 aliphatic rings. The summed E-state index contributed by atoms with van der Waals surface area (Å²) in [5, 5.41) is 2.86. The zero-order chi connectivity index (χ0) is 14.3. The van der Waals surface area contributed by atoms with Crippen molar-refractivity contribution in [3.63, 3.8) is 0 Å². The largest absolute Gasteiger partial charge is 0.389 e. The Labute approximate surface area is 123 Å². The lowest BCUT2D eigenvalue weighted by Gasteiger charge is -2.35. The van der Waals surface area contributed by atoms with E-state index in [1.807, 2.05) is 11.8 Å². The van der Waals surface area contributed by atoms with Gasteiger partial charge in [-0.15, -0.1) is 0 Å². The highest BCUT2D eigenvalue weighted by atomic mass is 32.1. The zero-order valence-electron chi connectivity index (χ0n) is 11.5. The van der Waals surface area contributed by atoms with E-state index in [2.05, 4.69) is 11.4 Å². The Bertz CT molecular complexity index is 587. The summed E-state index contributed by atoms with van der Waals surface area (Å²) in [6.45, 7) is 3.24. The molecule has 1 unspecified atom stereocenters. The van der Waals surface area contributed by atoms with Gasteiger partial charge in [0.1, 0.15) is 16.8 Å². The maximum atomic E-state index is 11.8. The van der Waals surface area contributed by atoms with Crippen molar-refractivity contribution in [2.45, 2.75) is 32.2 Å². The van der Waals surface area contributed by atoms with E-state index in [9.17, 15) is 4.79 Å². The number of carbonyl (C=O) groups excluding carboxylic acids is 1. The minimum atomic E-state index is -0.246. The molecule has 6 heteroatoms. The number of pyridine rings is 1. The van der Waals surface area contributed by atoms with Gasteiger partial charge in [0.25, 0.3) is 0 Å². The predicted octanol–water partition coefficient (Wildman–Crippen LogP) is 0.529. The molecule has 0 saturated carbocycles. The van der Waals surface area contributed by atoms with Crippen molar-refractivity contribution in [1.29, 1.82) is 0 Å². The third-order valence-electron chi connectivity index (χ3n) is 4.07. The normalized spacial score (nSPS) is 21.6. The van der Waals surface area contributed by atoms with Gasteiger partial charge >= 0.3 is 0 Å². The summed E-state index contributed by atoms with van der Waals surface area (Å²) in [6.07, 6.45) is 3.15. The van der Waals surface area contributed by atoms with Crippen LogP contribution in [-0.2, 0) is 17.6 Å². The van der Waals surface area contributed by atoms with E-state index in [4.69, 9.17) is 22.9 Å². The number of anilines is 1. The molecule has 0 aromatic carbocycles. The van der Waals surface area contributed by atoms with Gasteiger partial charge < -0.3 is 16.0 Å². The Balaban J connectivity index is 2.07. The number of hydrogen-bond acceptors (Lipinski definition) is 4. The van der Waals surface area contributed by atoms with Crippen LogP contribution in [0.5, 0.6) is 0 Å². The second-order valence-corrected chi connectivity index (χ2v) is 5.78. The predicted molar refractivity (Wildman–Crippen MR) is 82.0 cm³/mol. The molecule has 1 aliphatic heterocycles. The van der Waals surface area contributed by atoms with Crippen LogP contribution in [0.25, 0.3) is 0 Å². The van der Waals surface area contributed by atoms with Gasteiger partial charge in [-0.3, -0.25) is 4.79 Å². The first-order valence-corrected chi connectivity index (χ1v) is 7.35. The molecule has 0 spiro atoms. The van der Waals surface area contributed by atoms with Gasteiger partial charge in [-0.1, -0.05) is 12.2 Å². The standard InChI is InChI=1S/C14H18N4OS/c1-8-14(19)16-5-6-18(8)13-10(12(15)20)7-9-3-2-4-11(9)17-13/h7-8H,2-6H2,1H3,(H2,15,20)(H,16,19). The minimum Gasteiger partial charge on any atom is -0.389 e. The molecule has 0 radical (unpaired) electrons. The van der Waals surface area contributed by atoms with Crippen LogP contribution in [0.4, 0.5) is 5.82 Å². The fraction of sp³-hybridized carbons (Fsp3) is 0.500. The Kier molecular flexibility index (Phi) is 3.33. The van der Waals surface area contributed by atoms with Crippen molar-refractivity contribution in [2.75, 3.05) is 18.0 Å². The lowest BCUT2D eigenvalue weighted by Crippen LogP contribution is -2.54. The molecule has 20 heavy (non-hydrogen) atoms. The first kappa shape index (κ1) is 13.3. The number of rotatable bonds is 2. The molecular weight excluding hydrogens is 272 g/mol. The summed E-state index contributed by atoms with van der Waals surface area (Å²) >= 11 is 5.17. The van der Waals surface area contributed by atoms with Gasteiger partial charge in [-0.25, -0.2) is 4.98 Å². The number of fused-ring (bicyclic) bond motifs is 1. The molecule has 1 aromatic rings. The monoisotopic (exact) mass is 290 g/mol. The number of piperazine rings is 1. The molecule has 1 amide bonds. The van der Waals surface area contributed by atoms with Crippen LogP contribution < -0.4 is 16.0 Å². The Morgan fingerprint density at radius 3 is 3.10 bits per heavy atom. The van der Waals surface area contributed by atoms with Crippen LogP contribution in [0.1, 0.15) is 30.2 Å². The van der Waals surface area contributed by atoms with Gasteiger partial charge in [-0.05, 0) is 37.8 Å². The van der Waals surface area contributed by atoms with Crippen LogP contribution in [-0.4, -0.2) is 35.0 Å². The minimum absolute atomic E-state index is 0.0208. The quantitative estimate of drug-likeness (QED) is 0.778. The highest BCUT2D eigenvalue weighted by Crippen LogP contribution is 2.29. The Hall–Kier alpha value is -1.69. The van der Waals surface area contributed by atoms with Crippen LogP contribution in [0.3, 0.4) is 0 Å². The van der Waals surface area contributed by atoms with Gasteiger partial charge in [-0.2, -0.15) is 0 Å². The third-order valence-corrected chi connectivity index (χ3v) is 4.29. The van der Waals surface area contributed by atoms with E-state index in [0.717, 1.165) is 42.9 Å². The molecule has 3 N–H and O–H groups in total. The van der Waals surface area contributed by atoms with E-state index in [0.29, 0.717) is 11.5 Å². The van der Waals surface area contributed by atoms with Crippen molar-refractivity contribution in [3.8, 4) is 0 Å². The van der Waals surface area contributed by atoms with Crippen molar-refractivity contribution in [2.24, 2.45) is 5.73 Å². The number of nitrogens with one attached hydrogen (secondary N) is 1. The van der Waals surface area contributed by atoms with Gasteiger partial charge in [0.2, 0.25) is 5.91 Å². The molecule has 0 bridgehead atoms. The third kappa shape index (κ3) is 2.14. The van der Waals surface area contributed by atoms with Crippen molar-refractivity contribution < 1.29 is 4.79 Å². The molecular formula is C14H18N4OS. The van der Waals surface area contributed by atoms with E-state index in [1.54, 1.807) is 0 Å². The number of aromatic nitrogens is 1. The van der Waals surface area contributed by atoms with E-state index >= 15 is 0 Å². The second kappa shape index (κ2) is 5.01. The summed E-state index contributed by atoms with van der Waals surface area (Å²) < 4.78 is 0. The maximum Gasteiger partial charge on any atom is 0.242 e. The maximum absolute atomic E-state index is 11.8. The summed E-state index contributed by atoms with van der Waals surface area (Å²) in [4.78, 5) is 19.0. The summed E-state index contributed by atoms with van der Waals surface area (Å²) in [6, 6.07) is 1.82. The Morgan fingerprint density at radius 1 is 1.55 bits per heavy atom. The molecule has 1 aliphatic carbocycles. The van der Waals surface area contributed by atoms with Gasteiger partial charge in [0.15, 0.2) is 0 Å². The molecule has 5 nitrogen and oxygen atoms in total. The first-order chi connectivity index (χ1) is 9.58. The SMILES string of the molecule is CC1C(=O)NCCN1c1nc2c(cc1C(N)=S)CCC2. The van der Waals surface area contributed by atoms with Crippen LogP contribution in [0.15, 0.2) is 6.07 Å². The number of nitrogens with zero attached hydrogens (tertiary/aromatic N) is 2. The van der Waals surface area contributed by atoms with Crippen LogP contribution in [0, 0.1) is 0 Å². The van der Waals surface area contributed by atoms with Gasteiger partial charge in [0, 0.05) is 18.8 Å². The molecule has 1 fully saturated rings. The first-order valence-electron chi connectivity index (χ1n) is 6.95. The van der Waals surface area contributed by atoms with Crippen molar-refractivity contribution >= 4 is 28.9 Å². The average molecular weight is 290 g/mol. The van der Waals surface area contributed by atoms with Crippen molar-refractivity contribution in [3.05, 3.63) is 22.9 Å². The lowest BCUT2D eigenvalue weighted by molar-refractivity contribution is -0.122. The molecule has 1 atom stereocenters. The number of aryl methyl sites for hydroxylation is 2. The summed E-state index contributed by atoms with van der Waals surface area (Å²) in [5.74, 6) is 0.785. The smallest absolute Gasteiger partial charge is 0.242 e. The molecule has 1 aromatic heterocycles. The average Bonchev–Trinajstić information content (AvgIpc) is 2.87. The van der Waals surface area contributed by atoms with E-state index in [-0.39, 0.29) is 11.9 Å². The molecule has 2 heterocycles. The fourth-order valence-electron chi connectivity index (χ4n) is 2.93. The second-order valence-electron chi connectivity index (χ2n) is 5.34. The molecule has 3 rings (SSSR count). The molecule has 106 valence electrons. The number of amides is 1. The summed E-state index contributed by atoms with van der Waals surface area (Å²) in [5.41, 5.74) is 9.02. The topological polar surface area (TPSA) is 71.2 Å². The van der Waals surface area contributed by atoms with E-state index in [1.165, 1.54) is 5.56 Å².